The molecule has 1 aromatic rings. The first-order valence-corrected chi connectivity index (χ1v) is 5.47. The number of benzene rings is 1. The number of carbonyl (C=O) groups is 1. The van der Waals surface area contributed by atoms with Gasteiger partial charge in [-0.2, -0.15) is 0 Å². The Hall–Kier alpha value is -2.02. The van der Waals surface area contributed by atoms with Gasteiger partial charge in [0.1, 0.15) is 11.5 Å². The van der Waals surface area contributed by atoms with Gasteiger partial charge in [-0.05, 0) is 18.5 Å². The fraction of sp³-hybridized carbons (Fsp3) is 0.364. The highest BCUT2D eigenvalue weighted by molar-refractivity contribution is 5.97. The molecule has 1 heterocycles. The van der Waals surface area contributed by atoms with Crippen molar-refractivity contribution in [2.75, 3.05) is 18.0 Å². The number of nitrogens with zero attached hydrogens (tertiary/aromatic N) is 2. The van der Waals surface area contributed by atoms with Gasteiger partial charge in [-0.3, -0.25) is 14.9 Å². The normalized spacial score (nSPS) is 19.3. The van der Waals surface area contributed by atoms with Gasteiger partial charge in [0.05, 0.1) is 4.92 Å². The maximum atomic E-state index is 13.2. The molecule has 7 heteroatoms. The fourth-order valence-electron chi connectivity index (χ4n) is 2.04. The number of hydrogen-bond donors (Lipinski definition) is 1. The Morgan fingerprint density at radius 1 is 1.56 bits per heavy atom. The van der Waals surface area contributed by atoms with Crippen LogP contribution in [0.4, 0.5) is 15.8 Å². The second-order valence-electron chi connectivity index (χ2n) is 4.20. The Kier molecular flexibility index (Phi) is 3.24. The zero-order valence-electron chi connectivity index (χ0n) is 9.51. The molecule has 1 saturated heterocycles. The van der Waals surface area contributed by atoms with Gasteiger partial charge in [-0.15, -0.1) is 0 Å². The molecule has 1 fully saturated rings. The van der Waals surface area contributed by atoms with Crippen molar-refractivity contribution in [2.24, 2.45) is 11.7 Å². The van der Waals surface area contributed by atoms with Crippen molar-refractivity contribution in [1.29, 1.82) is 0 Å². The van der Waals surface area contributed by atoms with Crippen LogP contribution in [0.2, 0.25) is 0 Å². The third-order valence-electron chi connectivity index (χ3n) is 2.96. The van der Waals surface area contributed by atoms with Gasteiger partial charge in [-0.25, -0.2) is 4.39 Å². The van der Waals surface area contributed by atoms with E-state index < -0.39 is 10.7 Å². The minimum atomic E-state index is -0.627. The van der Waals surface area contributed by atoms with Crippen molar-refractivity contribution in [3.05, 3.63) is 34.1 Å². The molecule has 1 aromatic carbocycles. The maximum Gasteiger partial charge on any atom is 0.293 e. The molecule has 0 bridgehead atoms. The third-order valence-corrected chi connectivity index (χ3v) is 2.96. The van der Waals surface area contributed by atoms with Crippen LogP contribution in [0.15, 0.2) is 18.2 Å². The first kappa shape index (κ1) is 12.4. The number of anilines is 1. The van der Waals surface area contributed by atoms with Crippen molar-refractivity contribution < 1.29 is 14.1 Å². The lowest BCUT2D eigenvalue weighted by atomic mass is 10.1. The molecular weight excluding hydrogens is 241 g/mol. The van der Waals surface area contributed by atoms with E-state index in [0.717, 1.165) is 18.2 Å². The van der Waals surface area contributed by atoms with E-state index in [1.807, 2.05) is 0 Å². The maximum absolute atomic E-state index is 13.2. The van der Waals surface area contributed by atoms with E-state index in [-0.39, 0.29) is 29.6 Å². The molecule has 2 N–H and O–H groups in total. The number of halogens is 1. The summed E-state index contributed by atoms with van der Waals surface area (Å²) >= 11 is 0. The van der Waals surface area contributed by atoms with Gasteiger partial charge in [-0.1, -0.05) is 0 Å². The van der Waals surface area contributed by atoms with Crippen LogP contribution in [0.25, 0.3) is 0 Å². The summed E-state index contributed by atoms with van der Waals surface area (Å²) in [5.41, 5.74) is 5.20. The van der Waals surface area contributed by atoms with Crippen molar-refractivity contribution >= 4 is 17.3 Å². The Morgan fingerprint density at radius 2 is 2.28 bits per heavy atom. The summed E-state index contributed by atoms with van der Waals surface area (Å²) < 4.78 is 13.2. The van der Waals surface area contributed by atoms with Crippen molar-refractivity contribution in [3.8, 4) is 0 Å². The summed E-state index contributed by atoms with van der Waals surface area (Å²) in [5.74, 6) is -0.917. The van der Waals surface area contributed by atoms with Crippen LogP contribution in [0.5, 0.6) is 0 Å². The zero-order chi connectivity index (χ0) is 13.3. The molecule has 2 rings (SSSR count). The smallest absolute Gasteiger partial charge is 0.293 e. The highest BCUT2D eigenvalue weighted by Crippen LogP contribution is 2.33. The van der Waals surface area contributed by atoms with Gasteiger partial charge >= 0.3 is 0 Å². The van der Waals surface area contributed by atoms with Gasteiger partial charge in [0.2, 0.25) is 5.91 Å². The largest absolute Gasteiger partial charge is 0.330 e. The van der Waals surface area contributed by atoms with Crippen molar-refractivity contribution in [1.82, 2.24) is 0 Å². The van der Waals surface area contributed by atoms with E-state index in [1.165, 1.54) is 4.90 Å². The number of nitrogens with two attached hydrogens (primary N) is 1. The van der Waals surface area contributed by atoms with Crippen LogP contribution in [-0.2, 0) is 4.79 Å². The first-order valence-electron chi connectivity index (χ1n) is 5.47. The third kappa shape index (κ3) is 2.17. The van der Waals surface area contributed by atoms with E-state index >= 15 is 0 Å². The lowest BCUT2D eigenvalue weighted by Gasteiger charge is -2.16. The topological polar surface area (TPSA) is 89.5 Å². The average Bonchev–Trinajstić information content (AvgIpc) is 2.70. The standard InChI is InChI=1S/C11H12FN3O3/c12-8-1-2-9(15(17)18)10(4-8)14-6-7(5-13)3-11(14)16/h1-2,4,7H,3,5-6,13H2. The molecular formula is C11H12FN3O3. The molecule has 1 amide bonds. The summed E-state index contributed by atoms with van der Waals surface area (Å²) in [6.07, 6.45) is 0.240. The first-order chi connectivity index (χ1) is 8.52. The Morgan fingerprint density at radius 3 is 2.83 bits per heavy atom. The second kappa shape index (κ2) is 4.69. The minimum Gasteiger partial charge on any atom is -0.330 e. The molecule has 1 aliphatic rings. The van der Waals surface area contributed by atoms with E-state index in [9.17, 15) is 19.3 Å². The number of hydrogen-bond acceptors (Lipinski definition) is 4. The van der Waals surface area contributed by atoms with Crippen molar-refractivity contribution in [2.45, 2.75) is 6.42 Å². The van der Waals surface area contributed by atoms with Gasteiger partial charge in [0.15, 0.2) is 0 Å². The molecule has 0 aliphatic carbocycles. The molecule has 0 saturated carbocycles. The summed E-state index contributed by atoms with van der Waals surface area (Å²) in [6, 6.07) is 3.07. The number of nitro benzene ring substituents is 1. The monoisotopic (exact) mass is 253 g/mol. The number of nitro groups is 1. The second-order valence-corrected chi connectivity index (χ2v) is 4.20. The zero-order valence-corrected chi connectivity index (χ0v) is 9.51. The van der Waals surface area contributed by atoms with Gasteiger partial charge in [0.25, 0.3) is 5.69 Å². The molecule has 0 radical (unpaired) electrons. The summed E-state index contributed by atoms with van der Waals surface area (Å²) in [4.78, 5) is 23.2. The predicted octanol–water partition coefficient (Wildman–Crippen LogP) is 1.05. The molecule has 0 spiro atoms. The Bertz CT molecular complexity index is 506. The molecule has 1 aliphatic heterocycles. The van der Waals surface area contributed by atoms with Crippen LogP contribution in [0, 0.1) is 21.8 Å². The highest BCUT2D eigenvalue weighted by atomic mass is 19.1. The van der Waals surface area contributed by atoms with E-state index in [4.69, 9.17) is 5.73 Å². The Labute approximate surface area is 102 Å². The quantitative estimate of drug-likeness (QED) is 0.644. The van der Waals surface area contributed by atoms with Crippen LogP contribution in [0.1, 0.15) is 6.42 Å². The molecule has 0 aromatic heterocycles. The molecule has 1 unspecified atom stereocenters. The SMILES string of the molecule is NCC1CC(=O)N(c2cc(F)ccc2[N+](=O)[O-])C1. The highest BCUT2D eigenvalue weighted by Gasteiger charge is 2.33. The van der Waals surface area contributed by atoms with Crippen molar-refractivity contribution in [3.63, 3.8) is 0 Å². The number of carbonyl (C=O) groups excluding carboxylic acids is 1. The predicted molar refractivity (Wildman–Crippen MR) is 62.6 cm³/mol. The number of rotatable bonds is 3. The van der Waals surface area contributed by atoms with Crippen LogP contribution < -0.4 is 10.6 Å². The molecule has 18 heavy (non-hydrogen) atoms. The van der Waals surface area contributed by atoms with Crippen LogP contribution in [-0.4, -0.2) is 23.9 Å². The van der Waals surface area contributed by atoms with E-state index in [2.05, 4.69) is 0 Å². The fourth-order valence-corrected chi connectivity index (χ4v) is 2.04. The average molecular weight is 253 g/mol. The number of amides is 1. The lowest BCUT2D eigenvalue weighted by Crippen LogP contribution is -2.26. The van der Waals surface area contributed by atoms with Crippen LogP contribution in [0.3, 0.4) is 0 Å². The summed E-state index contributed by atoms with van der Waals surface area (Å²) in [5, 5.41) is 10.9. The van der Waals surface area contributed by atoms with Crippen LogP contribution >= 0.6 is 0 Å². The molecule has 1 atom stereocenters. The summed E-state index contributed by atoms with van der Waals surface area (Å²) in [7, 11) is 0. The van der Waals surface area contributed by atoms with Gasteiger partial charge < -0.3 is 10.6 Å². The Balaban J connectivity index is 2.41. The van der Waals surface area contributed by atoms with E-state index in [1.54, 1.807) is 0 Å². The molecule has 6 nitrogen and oxygen atoms in total. The summed E-state index contributed by atoms with van der Waals surface area (Å²) in [6.45, 7) is 0.616. The minimum absolute atomic E-state index is 0.000880. The van der Waals surface area contributed by atoms with E-state index in [0.29, 0.717) is 13.1 Å². The lowest BCUT2D eigenvalue weighted by molar-refractivity contribution is -0.384. The van der Waals surface area contributed by atoms with Gasteiger partial charge in [0, 0.05) is 25.1 Å². The molecule has 96 valence electrons.